The van der Waals surface area contributed by atoms with Crippen molar-refractivity contribution in [2.45, 2.75) is 25.3 Å². The molecule has 1 fully saturated rings. The fraction of sp³-hybridized carbons (Fsp3) is 0.304. The molecule has 1 aliphatic rings. The summed E-state index contributed by atoms with van der Waals surface area (Å²) in [6, 6.07) is 14.5. The SMILES string of the molecule is COc1cccc(-c2ccc3nc(C4CCN(Cc5ccsc5)CC4)nn3c2)c1. The Morgan fingerprint density at radius 2 is 2.00 bits per heavy atom. The summed E-state index contributed by atoms with van der Waals surface area (Å²) in [5.74, 6) is 2.27. The lowest BCUT2D eigenvalue weighted by Gasteiger charge is -2.30. The molecule has 1 saturated heterocycles. The summed E-state index contributed by atoms with van der Waals surface area (Å²) in [7, 11) is 1.69. The quantitative estimate of drug-likeness (QED) is 0.477. The zero-order valence-corrected chi connectivity index (χ0v) is 17.3. The van der Waals surface area contributed by atoms with E-state index < -0.39 is 0 Å². The van der Waals surface area contributed by atoms with Crippen molar-refractivity contribution in [3.8, 4) is 16.9 Å². The van der Waals surface area contributed by atoms with E-state index in [4.69, 9.17) is 14.8 Å². The van der Waals surface area contributed by atoms with Crippen molar-refractivity contribution in [2.75, 3.05) is 20.2 Å². The molecule has 3 aromatic heterocycles. The number of nitrogens with zero attached hydrogens (tertiary/aromatic N) is 4. The fourth-order valence-electron chi connectivity index (χ4n) is 4.04. The van der Waals surface area contributed by atoms with Gasteiger partial charge in [0.1, 0.15) is 5.75 Å². The van der Waals surface area contributed by atoms with Gasteiger partial charge in [-0.25, -0.2) is 9.50 Å². The lowest BCUT2D eigenvalue weighted by molar-refractivity contribution is 0.202. The molecular formula is C23H24N4OS. The van der Waals surface area contributed by atoms with Crippen LogP contribution >= 0.6 is 11.3 Å². The molecule has 0 unspecified atom stereocenters. The van der Waals surface area contributed by atoms with E-state index in [2.05, 4.69) is 46.1 Å². The van der Waals surface area contributed by atoms with Crippen LogP contribution in [0.5, 0.6) is 5.75 Å². The van der Waals surface area contributed by atoms with Crippen LogP contribution in [0.25, 0.3) is 16.8 Å². The maximum atomic E-state index is 5.35. The second kappa shape index (κ2) is 7.97. The number of methoxy groups -OCH3 is 1. The zero-order valence-electron chi connectivity index (χ0n) is 16.5. The molecule has 148 valence electrons. The van der Waals surface area contributed by atoms with E-state index in [9.17, 15) is 0 Å². The Labute approximate surface area is 174 Å². The largest absolute Gasteiger partial charge is 0.497 e. The van der Waals surface area contributed by atoms with Crippen molar-refractivity contribution in [2.24, 2.45) is 0 Å². The summed E-state index contributed by atoms with van der Waals surface area (Å²) in [6.45, 7) is 3.26. The average Bonchev–Trinajstić information content (AvgIpc) is 3.43. The molecule has 6 heteroatoms. The van der Waals surface area contributed by atoms with Crippen LogP contribution in [-0.2, 0) is 6.54 Å². The van der Waals surface area contributed by atoms with Gasteiger partial charge in [0, 0.05) is 24.2 Å². The Hall–Kier alpha value is -2.70. The molecule has 0 spiro atoms. The first-order valence-electron chi connectivity index (χ1n) is 10.0. The van der Waals surface area contributed by atoms with Crippen LogP contribution in [0.3, 0.4) is 0 Å². The Kier molecular flexibility index (Phi) is 5.04. The topological polar surface area (TPSA) is 42.7 Å². The molecule has 4 heterocycles. The third kappa shape index (κ3) is 3.91. The van der Waals surface area contributed by atoms with Crippen molar-refractivity contribution in [1.82, 2.24) is 19.5 Å². The smallest absolute Gasteiger partial charge is 0.155 e. The maximum absolute atomic E-state index is 5.35. The number of piperidine rings is 1. The minimum absolute atomic E-state index is 0.439. The first-order valence-corrected chi connectivity index (χ1v) is 11.0. The van der Waals surface area contributed by atoms with E-state index in [1.54, 1.807) is 18.4 Å². The van der Waals surface area contributed by atoms with Gasteiger partial charge in [-0.3, -0.25) is 4.90 Å². The predicted octanol–water partition coefficient (Wildman–Crippen LogP) is 4.85. The van der Waals surface area contributed by atoms with Crippen LogP contribution in [0.1, 0.15) is 30.1 Å². The lowest BCUT2D eigenvalue weighted by Crippen LogP contribution is -2.32. The summed E-state index contributed by atoms with van der Waals surface area (Å²) in [6.07, 6.45) is 4.29. The van der Waals surface area contributed by atoms with Crippen LogP contribution in [0.15, 0.2) is 59.4 Å². The molecular weight excluding hydrogens is 380 g/mol. The third-order valence-electron chi connectivity index (χ3n) is 5.69. The van der Waals surface area contributed by atoms with Gasteiger partial charge in [0.05, 0.1) is 7.11 Å². The van der Waals surface area contributed by atoms with E-state index in [1.807, 2.05) is 22.7 Å². The molecule has 0 bridgehead atoms. The number of hydrogen-bond donors (Lipinski definition) is 0. The Bertz CT molecular complexity index is 1100. The van der Waals surface area contributed by atoms with Crippen molar-refractivity contribution < 1.29 is 4.74 Å². The number of hydrogen-bond acceptors (Lipinski definition) is 5. The van der Waals surface area contributed by atoms with Gasteiger partial charge in [-0.2, -0.15) is 16.4 Å². The minimum Gasteiger partial charge on any atom is -0.497 e. The highest BCUT2D eigenvalue weighted by atomic mass is 32.1. The number of thiophene rings is 1. The number of likely N-dealkylation sites (tertiary alicyclic amines) is 1. The van der Waals surface area contributed by atoms with Crippen LogP contribution in [0.2, 0.25) is 0 Å². The van der Waals surface area contributed by atoms with E-state index in [-0.39, 0.29) is 0 Å². The molecule has 0 saturated carbocycles. The fourth-order valence-corrected chi connectivity index (χ4v) is 4.70. The van der Waals surface area contributed by atoms with Crippen LogP contribution in [-0.4, -0.2) is 39.7 Å². The van der Waals surface area contributed by atoms with Crippen molar-refractivity contribution >= 4 is 17.0 Å². The molecule has 5 rings (SSSR count). The number of aromatic nitrogens is 3. The van der Waals surface area contributed by atoms with E-state index in [1.165, 1.54) is 5.56 Å². The van der Waals surface area contributed by atoms with E-state index >= 15 is 0 Å². The molecule has 0 aliphatic carbocycles. The standard InChI is InChI=1S/C23H24N4OS/c1-28-21-4-2-3-19(13-21)20-5-6-22-24-23(25-27(22)15-20)18-7-10-26(11-8-18)14-17-9-12-29-16-17/h2-6,9,12-13,15-16,18H,7-8,10-11,14H2,1H3. The molecule has 0 N–H and O–H groups in total. The van der Waals surface area contributed by atoms with Crippen LogP contribution < -0.4 is 4.74 Å². The monoisotopic (exact) mass is 404 g/mol. The summed E-state index contributed by atoms with van der Waals surface area (Å²) in [5, 5.41) is 9.22. The van der Waals surface area contributed by atoms with Crippen molar-refractivity contribution in [3.63, 3.8) is 0 Å². The van der Waals surface area contributed by atoms with E-state index in [0.29, 0.717) is 5.92 Å². The van der Waals surface area contributed by atoms with Gasteiger partial charge >= 0.3 is 0 Å². The highest BCUT2D eigenvalue weighted by molar-refractivity contribution is 7.07. The first kappa shape index (κ1) is 18.3. The molecule has 4 aromatic rings. The van der Waals surface area contributed by atoms with Crippen molar-refractivity contribution in [3.05, 3.63) is 70.8 Å². The maximum Gasteiger partial charge on any atom is 0.155 e. The Morgan fingerprint density at radius 3 is 2.79 bits per heavy atom. The summed E-state index contributed by atoms with van der Waals surface area (Å²) in [4.78, 5) is 7.35. The average molecular weight is 405 g/mol. The second-order valence-corrected chi connectivity index (χ2v) is 8.38. The summed E-state index contributed by atoms with van der Waals surface area (Å²) in [5.41, 5.74) is 4.56. The Morgan fingerprint density at radius 1 is 1.10 bits per heavy atom. The van der Waals surface area contributed by atoms with Gasteiger partial charge in [0.25, 0.3) is 0 Å². The molecule has 0 radical (unpaired) electrons. The molecule has 1 aromatic carbocycles. The van der Waals surface area contributed by atoms with Crippen LogP contribution in [0, 0.1) is 0 Å². The summed E-state index contributed by atoms with van der Waals surface area (Å²) >= 11 is 1.77. The van der Waals surface area contributed by atoms with Gasteiger partial charge < -0.3 is 4.74 Å². The van der Waals surface area contributed by atoms with Gasteiger partial charge in [0.2, 0.25) is 0 Å². The number of pyridine rings is 1. The second-order valence-electron chi connectivity index (χ2n) is 7.60. The van der Waals surface area contributed by atoms with Gasteiger partial charge in [-0.15, -0.1) is 0 Å². The Balaban J connectivity index is 1.31. The molecule has 0 atom stereocenters. The first-order chi connectivity index (χ1) is 14.3. The normalized spacial score (nSPS) is 15.8. The summed E-state index contributed by atoms with van der Waals surface area (Å²) < 4.78 is 7.27. The highest BCUT2D eigenvalue weighted by Crippen LogP contribution is 2.28. The number of benzene rings is 1. The van der Waals surface area contributed by atoms with Crippen LogP contribution in [0.4, 0.5) is 0 Å². The lowest BCUT2D eigenvalue weighted by atomic mass is 9.96. The number of rotatable bonds is 5. The number of ether oxygens (including phenoxy) is 1. The van der Waals surface area contributed by atoms with E-state index in [0.717, 1.165) is 60.8 Å². The van der Waals surface area contributed by atoms with Gasteiger partial charge in [-0.05, 0) is 78.2 Å². The van der Waals surface area contributed by atoms with Gasteiger partial charge in [0.15, 0.2) is 11.5 Å². The molecule has 0 amide bonds. The van der Waals surface area contributed by atoms with Crippen molar-refractivity contribution in [1.29, 1.82) is 0 Å². The predicted molar refractivity (Wildman–Crippen MR) is 117 cm³/mol. The van der Waals surface area contributed by atoms with Gasteiger partial charge in [-0.1, -0.05) is 12.1 Å². The molecule has 29 heavy (non-hydrogen) atoms. The number of fused-ring (bicyclic) bond motifs is 1. The minimum atomic E-state index is 0.439. The molecule has 1 aliphatic heterocycles. The third-order valence-corrected chi connectivity index (χ3v) is 6.42. The zero-order chi connectivity index (χ0) is 19.6. The highest BCUT2D eigenvalue weighted by Gasteiger charge is 2.24. The molecule has 5 nitrogen and oxygen atoms in total.